The third-order valence-electron chi connectivity index (χ3n) is 5.75. The third kappa shape index (κ3) is 4.28. The Morgan fingerprint density at radius 3 is 2.06 bits per heavy atom. The van der Waals surface area contributed by atoms with Crippen molar-refractivity contribution in [3.8, 4) is 5.69 Å². The summed E-state index contributed by atoms with van der Waals surface area (Å²) < 4.78 is 56.7. The predicted octanol–water partition coefficient (Wildman–Crippen LogP) is 4.17. The Bertz CT molecular complexity index is 1290. The van der Waals surface area contributed by atoms with Gasteiger partial charge < -0.3 is 9.47 Å². The molecule has 1 fully saturated rings. The quantitative estimate of drug-likeness (QED) is 0.548. The molecule has 1 aliphatic heterocycles. The second-order valence-electron chi connectivity index (χ2n) is 7.86. The molecule has 0 N–H and O–H groups in total. The molecule has 0 aliphatic carbocycles. The van der Waals surface area contributed by atoms with Gasteiger partial charge in [0.1, 0.15) is 11.6 Å². The zero-order chi connectivity index (χ0) is 23.9. The minimum absolute atomic E-state index is 0.0657. The Hall–Kier alpha value is -2.75. The monoisotopic (exact) mass is 493 g/mol. The molecule has 2 heterocycles. The Labute approximate surface area is 196 Å². The van der Waals surface area contributed by atoms with Crippen LogP contribution in [0.25, 0.3) is 5.69 Å². The van der Waals surface area contributed by atoms with Crippen molar-refractivity contribution >= 4 is 27.5 Å². The highest BCUT2D eigenvalue weighted by Crippen LogP contribution is 2.27. The number of aromatic nitrogens is 1. The first-order valence-electron chi connectivity index (χ1n) is 10.3. The van der Waals surface area contributed by atoms with Gasteiger partial charge in [-0.3, -0.25) is 4.79 Å². The van der Waals surface area contributed by atoms with Crippen LogP contribution >= 0.6 is 11.6 Å². The zero-order valence-corrected chi connectivity index (χ0v) is 19.6. The van der Waals surface area contributed by atoms with Crippen molar-refractivity contribution in [2.24, 2.45) is 0 Å². The smallest absolute Gasteiger partial charge is 0.255 e. The first-order chi connectivity index (χ1) is 15.6. The molecule has 0 spiro atoms. The van der Waals surface area contributed by atoms with Gasteiger partial charge in [0.25, 0.3) is 5.91 Å². The molecule has 1 aliphatic rings. The highest BCUT2D eigenvalue weighted by atomic mass is 35.5. The third-order valence-corrected chi connectivity index (χ3v) is 8.03. The van der Waals surface area contributed by atoms with Gasteiger partial charge in [-0.25, -0.2) is 17.2 Å². The van der Waals surface area contributed by atoms with Crippen LogP contribution in [0.1, 0.15) is 21.7 Å². The standard InChI is InChI=1S/C23H22ClF2N3O3S/c1-15-6-7-16(2)29(15)17-8-9-19(24)18(14-17)23(30)27-10-12-28(13-11-27)33(31,32)22-20(25)4-3-5-21(22)26/h3-9,14H,10-13H2,1-2H3. The van der Waals surface area contributed by atoms with Gasteiger partial charge in [-0.15, -0.1) is 0 Å². The average molecular weight is 494 g/mol. The number of carbonyl (C=O) groups is 1. The van der Waals surface area contributed by atoms with E-state index in [2.05, 4.69) is 0 Å². The molecule has 3 aromatic rings. The zero-order valence-electron chi connectivity index (χ0n) is 18.1. The lowest BCUT2D eigenvalue weighted by Gasteiger charge is -2.34. The van der Waals surface area contributed by atoms with Crippen molar-refractivity contribution in [2.75, 3.05) is 26.2 Å². The number of rotatable bonds is 4. The number of benzene rings is 2. The molecule has 1 saturated heterocycles. The van der Waals surface area contributed by atoms with Crippen molar-refractivity contribution in [1.29, 1.82) is 0 Å². The van der Waals surface area contributed by atoms with Gasteiger partial charge in [0, 0.05) is 43.3 Å². The van der Waals surface area contributed by atoms with Gasteiger partial charge in [-0.2, -0.15) is 4.31 Å². The van der Waals surface area contributed by atoms with E-state index in [1.807, 2.05) is 36.6 Å². The maximum absolute atomic E-state index is 14.1. The summed E-state index contributed by atoms with van der Waals surface area (Å²) in [6, 6.07) is 12.1. The summed E-state index contributed by atoms with van der Waals surface area (Å²) in [6.07, 6.45) is 0. The summed E-state index contributed by atoms with van der Waals surface area (Å²) in [5, 5.41) is 0.287. The van der Waals surface area contributed by atoms with E-state index in [1.165, 1.54) is 4.90 Å². The first kappa shape index (κ1) is 23.4. The molecule has 0 unspecified atom stereocenters. The molecule has 33 heavy (non-hydrogen) atoms. The summed E-state index contributed by atoms with van der Waals surface area (Å²) in [6.45, 7) is 3.87. The molecule has 0 bridgehead atoms. The molecule has 0 atom stereocenters. The van der Waals surface area contributed by atoms with Crippen LogP contribution in [-0.2, 0) is 10.0 Å². The summed E-state index contributed by atoms with van der Waals surface area (Å²) in [4.78, 5) is 13.7. The number of carbonyl (C=O) groups excluding carboxylic acids is 1. The molecule has 0 saturated carbocycles. The van der Waals surface area contributed by atoms with Crippen LogP contribution in [0.3, 0.4) is 0 Å². The van der Waals surface area contributed by atoms with Crippen LogP contribution in [0, 0.1) is 25.5 Å². The average Bonchev–Trinajstić information content (AvgIpc) is 3.11. The maximum atomic E-state index is 14.1. The number of aryl methyl sites for hydroxylation is 2. The Morgan fingerprint density at radius 1 is 0.909 bits per heavy atom. The largest absolute Gasteiger partial charge is 0.336 e. The Morgan fingerprint density at radius 2 is 1.48 bits per heavy atom. The van der Waals surface area contributed by atoms with E-state index < -0.39 is 26.6 Å². The van der Waals surface area contributed by atoms with Crippen molar-refractivity contribution in [1.82, 2.24) is 13.8 Å². The van der Waals surface area contributed by atoms with Crippen LogP contribution in [-0.4, -0.2) is 54.3 Å². The molecule has 10 heteroatoms. The molecule has 4 rings (SSSR count). The number of nitrogens with zero attached hydrogens (tertiary/aromatic N) is 3. The van der Waals surface area contributed by atoms with Gasteiger partial charge in [0.05, 0.1) is 10.6 Å². The fourth-order valence-corrected chi connectivity index (χ4v) is 5.78. The SMILES string of the molecule is Cc1ccc(C)n1-c1ccc(Cl)c(C(=O)N2CCN(S(=O)(=O)c3c(F)cccc3F)CC2)c1. The highest BCUT2D eigenvalue weighted by molar-refractivity contribution is 7.89. The first-order valence-corrected chi connectivity index (χ1v) is 12.1. The van der Waals surface area contributed by atoms with Gasteiger partial charge in [-0.05, 0) is 56.3 Å². The Kier molecular flexibility index (Phi) is 6.30. The predicted molar refractivity (Wildman–Crippen MR) is 121 cm³/mol. The molecule has 0 radical (unpaired) electrons. The summed E-state index contributed by atoms with van der Waals surface area (Å²) in [5.74, 6) is -2.63. The van der Waals surface area contributed by atoms with E-state index in [-0.39, 0.29) is 37.1 Å². The van der Waals surface area contributed by atoms with E-state index in [0.717, 1.165) is 39.6 Å². The number of sulfonamides is 1. The highest BCUT2D eigenvalue weighted by Gasteiger charge is 2.34. The van der Waals surface area contributed by atoms with Crippen LogP contribution in [0.2, 0.25) is 5.02 Å². The van der Waals surface area contributed by atoms with Crippen LogP contribution < -0.4 is 0 Å². The number of amides is 1. The van der Waals surface area contributed by atoms with Crippen molar-refractivity contribution in [2.45, 2.75) is 18.7 Å². The topological polar surface area (TPSA) is 62.6 Å². The minimum atomic E-state index is -4.38. The number of hydrogen-bond donors (Lipinski definition) is 0. The maximum Gasteiger partial charge on any atom is 0.255 e. The second-order valence-corrected chi connectivity index (χ2v) is 10.1. The van der Waals surface area contributed by atoms with Crippen LogP contribution in [0.15, 0.2) is 53.4 Å². The minimum Gasteiger partial charge on any atom is -0.336 e. The van der Waals surface area contributed by atoms with E-state index in [9.17, 15) is 22.0 Å². The lowest BCUT2D eigenvalue weighted by molar-refractivity contribution is 0.0697. The molecule has 174 valence electrons. The number of halogens is 3. The molecular formula is C23H22ClF2N3O3S. The second kappa shape index (κ2) is 8.89. The van der Waals surface area contributed by atoms with Crippen molar-refractivity contribution in [3.63, 3.8) is 0 Å². The van der Waals surface area contributed by atoms with E-state index in [0.29, 0.717) is 5.56 Å². The number of hydrogen-bond acceptors (Lipinski definition) is 3. The molecule has 6 nitrogen and oxygen atoms in total. The van der Waals surface area contributed by atoms with Crippen molar-refractivity contribution < 1.29 is 22.0 Å². The summed E-state index contributed by atoms with van der Waals surface area (Å²) in [7, 11) is -4.38. The number of piperazine rings is 1. The normalized spacial score (nSPS) is 15.1. The fraction of sp³-hybridized carbons (Fsp3) is 0.261. The fourth-order valence-electron chi connectivity index (χ4n) is 4.05. The van der Waals surface area contributed by atoms with Gasteiger partial charge >= 0.3 is 0 Å². The molecule has 1 amide bonds. The van der Waals surface area contributed by atoms with Gasteiger partial charge in [0.2, 0.25) is 10.0 Å². The van der Waals surface area contributed by atoms with E-state index >= 15 is 0 Å². The lowest BCUT2D eigenvalue weighted by atomic mass is 10.1. The molecule has 2 aromatic carbocycles. The lowest BCUT2D eigenvalue weighted by Crippen LogP contribution is -2.50. The Balaban J connectivity index is 1.54. The van der Waals surface area contributed by atoms with Crippen molar-refractivity contribution in [3.05, 3.63) is 82.1 Å². The summed E-state index contributed by atoms with van der Waals surface area (Å²) >= 11 is 6.32. The van der Waals surface area contributed by atoms with Gasteiger partial charge in [-0.1, -0.05) is 17.7 Å². The molecule has 1 aromatic heterocycles. The van der Waals surface area contributed by atoms with Crippen LogP contribution in [0.5, 0.6) is 0 Å². The van der Waals surface area contributed by atoms with Crippen LogP contribution in [0.4, 0.5) is 8.78 Å². The van der Waals surface area contributed by atoms with E-state index in [1.54, 1.807) is 12.1 Å². The molecular weight excluding hydrogens is 472 g/mol. The van der Waals surface area contributed by atoms with E-state index in [4.69, 9.17) is 11.6 Å². The summed E-state index contributed by atoms with van der Waals surface area (Å²) in [5.41, 5.74) is 3.11. The van der Waals surface area contributed by atoms with Gasteiger partial charge in [0.15, 0.2) is 4.90 Å².